The monoisotopic (exact) mass is 858 g/mol. The van der Waals surface area contributed by atoms with Gasteiger partial charge in [0.2, 0.25) is 5.91 Å². The van der Waals surface area contributed by atoms with Crippen molar-refractivity contribution in [3.05, 3.63) is 109 Å². The van der Waals surface area contributed by atoms with E-state index >= 15 is 0 Å². The summed E-state index contributed by atoms with van der Waals surface area (Å²) in [5.41, 5.74) is 0. The second-order valence-electron chi connectivity index (χ2n) is 14.2. The Morgan fingerprint density at radius 2 is 1.00 bits per heavy atom. The Morgan fingerprint density at radius 3 is 1.50 bits per heavy atom. The third-order valence-corrected chi connectivity index (χ3v) is 9.53. The number of phosphoric acid groups is 1. The number of aliphatic hydroxyl groups is 1. The van der Waals surface area contributed by atoms with Crippen molar-refractivity contribution >= 4 is 25.7 Å². The lowest BCUT2D eigenvalue weighted by Gasteiger charge is -2.18. The van der Waals surface area contributed by atoms with Crippen LogP contribution in [0.4, 0.5) is 0 Å². The summed E-state index contributed by atoms with van der Waals surface area (Å²) in [5.74, 6) is -2.58. The van der Waals surface area contributed by atoms with Gasteiger partial charge >= 0.3 is 19.8 Å². The lowest BCUT2D eigenvalue weighted by molar-refractivity contribution is -0.147. The molecular formula is C48H76NO10P. The maximum atomic E-state index is 12.3. The third kappa shape index (κ3) is 40.9. The van der Waals surface area contributed by atoms with Gasteiger partial charge in [0.25, 0.3) is 0 Å². The van der Waals surface area contributed by atoms with Gasteiger partial charge in [-0.25, -0.2) is 9.36 Å². The van der Waals surface area contributed by atoms with Gasteiger partial charge in [-0.1, -0.05) is 155 Å². The van der Waals surface area contributed by atoms with Crippen LogP contribution in [-0.2, 0) is 32.7 Å². The highest BCUT2D eigenvalue weighted by atomic mass is 31.2. The minimum atomic E-state index is -4.79. The summed E-state index contributed by atoms with van der Waals surface area (Å²) in [4.78, 5) is 45.8. The first-order chi connectivity index (χ1) is 29.1. The summed E-state index contributed by atoms with van der Waals surface area (Å²) in [6, 6.07) is -1.61. The van der Waals surface area contributed by atoms with E-state index < -0.39 is 57.6 Å². The highest BCUT2D eigenvalue weighted by molar-refractivity contribution is 7.47. The zero-order valence-corrected chi connectivity index (χ0v) is 37.4. The van der Waals surface area contributed by atoms with Crippen LogP contribution in [0, 0.1) is 0 Å². The van der Waals surface area contributed by atoms with Crippen LogP contribution in [0.15, 0.2) is 109 Å². The molecule has 0 aliphatic rings. The summed E-state index contributed by atoms with van der Waals surface area (Å²) < 4.78 is 26.8. The number of aliphatic carboxylic acids is 1. The van der Waals surface area contributed by atoms with Gasteiger partial charge in [0.15, 0.2) is 6.04 Å². The van der Waals surface area contributed by atoms with Gasteiger partial charge in [-0.3, -0.25) is 18.6 Å². The van der Waals surface area contributed by atoms with Crippen LogP contribution in [-0.4, -0.2) is 64.9 Å². The molecular weight excluding hydrogens is 781 g/mol. The molecule has 0 aliphatic carbocycles. The number of carbonyl (C=O) groups is 3. The molecule has 0 saturated carbocycles. The van der Waals surface area contributed by atoms with Crippen LogP contribution >= 0.6 is 7.82 Å². The summed E-state index contributed by atoms with van der Waals surface area (Å²) in [5, 5.41) is 21.7. The zero-order valence-electron chi connectivity index (χ0n) is 36.5. The van der Waals surface area contributed by atoms with Crippen molar-refractivity contribution in [2.45, 2.75) is 154 Å². The minimum Gasteiger partial charge on any atom is -0.480 e. The molecule has 0 aromatic carbocycles. The summed E-state index contributed by atoms with van der Waals surface area (Å²) in [7, 11) is -4.79. The van der Waals surface area contributed by atoms with Gasteiger partial charge in [-0.05, 0) is 83.5 Å². The van der Waals surface area contributed by atoms with Gasteiger partial charge in [0.05, 0.1) is 13.2 Å². The van der Waals surface area contributed by atoms with Gasteiger partial charge in [-0.2, -0.15) is 0 Å². The number of carboxylic acids is 1. The fourth-order valence-electron chi connectivity index (χ4n) is 5.19. The molecule has 0 aliphatic heterocycles. The molecule has 12 heteroatoms. The predicted octanol–water partition coefficient (Wildman–Crippen LogP) is 11.4. The normalized spacial score (nSPS) is 14.7. The van der Waals surface area contributed by atoms with E-state index in [0.717, 1.165) is 83.5 Å². The van der Waals surface area contributed by atoms with Crippen LogP contribution < -0.4 is 5.32 Å². The molecule has 1 amide bonds. The van der Waals surface area contributed by atoms with Crippen LogP contribution in [0.1, 0.15) is 142 Å². The van der Waals surface area contributed by atoms with Crippen molar-refractivity contribution in [1.29, 1.82) is 0 Å². The smallest absolute Gasteiger partial charge is 0.472 e. The number of esters is 1. The Labute approximate surface area is 361 Å². The van der Waals surface area contributed by atoms with Crippen molar-refractivity contribution in [3.8, 4) is 0 Å². The molecule has 0 fully saturated rings. The van der Waals surface area contributed by atoms with E-state index in [9.17, 15) is 34.1 Å². The molecule has 0 rings (SSSR count). The van der Waals surface area contributed by atoms with E-state index in [1.54, 1.807) is 12.2 Å². The van der Waals surface area contributed by atoms with Gasteiger partial charge in [0, 0.05) is 12.8 Å². The molecule has 0 bridgehead atoms. The van der Waals surface area contributed by atoms with E-state index in [-0.39, 0.29) is 12.8 Å². The molecule has 11 nitrogen and oxygen atoms in total. The van der Waals surface area contributed by atoms with E-state index in [0.29, 0.717) is 12.8 Å². The number of carboxylic acid groups (broad SMARTS) is 1. The standard InChI is InChI=1S/C48H76NO10P/c1-3-5-7-9-11-13-15-17-19-20-21-22-23-24-26-27-29-31-33-35-37-39-46(51)49-45(48(53)54)43-59-60(55,56)58-42-44(50)41-57-47(52)40-38-36-34-32-30-28-25-18-16-14-12-10-8-6-4-2/h5,7,11-14,17-19,21-22,24-26,29,31,35,37,44-45,50H,3-4,6,8-10,15-16,20,23,27-28,30,32-34,36,38-43H2,1-2H3,(H,49,51)(H,53,54)(H,55,56)/b7-5-,13-11-,14-12-,19-17-,22-21-,25-18-,26-24-,31-29-,37-35-. The average Bonchev–Trinajstić information content (AvgIpc) is 3.22. The lowest BCUT2D eigenvalue weighted by atomic mass is 10.1. The Morgan fingerprint density at radius 1 is 0.567 bits per heavy atom. The Hall–Kier alpha value is -3.86. The summed E-state index contributed by atoms with van der Waals surface area (Å²) >= 11 is 0. The van der Waals surface area contributed by atoms with E-state index in [1.165, 1.54) is 19.3 Å². The fourth-order valence-corrected chi connectivity index (χ4v) is 5.96. The molecule has 0 heterocycles. The molecule has 0 spiro atoms. The first-order valence-electron chi connectivity index (χ1n) is 21.9. The number of carbonyl (C=O) groups excluding carboxylic acids is 2. The first-order valence-corrected chi connectivity index (χ1v) is 23.4. The number of aliphatic hydroxyl groups excluding tert-OH is 1. The molecule has 60 heavy (non-hydrogen) atoms. The van der Waals surface area contributed by atoms with E-state index in [2.05, 4.69) is 104 Å². The number of allylic oxidation sites excluding steroid dienone is 17. The largest absolute Gasteiger partial charge is 0.480 e. The number of ether oxygens (including phenoxy) is 1. The maximum Gasteiger partial charge on any atom is 0.472 e. The van der Waals surface area contributed by atoms with Crippen LogP contribution in [0.3, 0.4) is 0 Å². The summed E-state index contributed by atoms with van der Waals surface area (Å²) in [6.45, 7) is 2.34. The van der Waals surface area contributed by atoms with Crippen LogP contribution in [0.5, 0.6) is 0 Å². The molecule has 0 aromatic rings. The SMILES string of the molecule is CC/C=C\C/C=C\C/C=C\C/C=C\C/C=C\C/C=C\C/C=C\CC(=O)NC(COP(=O)(O)OCC(O)COC(=O)CCCCCCC/C=C\C/C=C\CCCCC)C(=O)O. The zero-order chi connectivity index (χ0) is 44.2. The molecule has 3 atom stereocenters. The number of amides is 1. The van der Waals surface area contributed by atoms with Crippen LogP contribution in [0.2, 0.25) is 0 Å². The second-order valence-corrected chi connectivity index (χ2v) is 15.6. The van der Waals surface area contributed by atoms with Crippen molar-refractivity contribution in [2.24, 2.45) is 0 Å². The number of phosphoric ester groups is 1. The Kier molecular flexibility index (Phi) is 39.2. The highest BCUT2D eigenvalue weighted by Gasteiger charge is 2.28. The van der Waals surface area contributed by atoms with Gasteiger partial charge in [-0.15, -0.1) is 0 Å². The predicted molar refractivity (Wildman–Crippen MR) is 244 cm³/mol. The molecule has 3 unspecified atom stereocenters. The molecule has 0 radical (unpaired) electrons. The molecule has 0 saturated heterocycles. The second kappa shape index (κ2) is 41.9. The van der Waals surface area contributed by atoms with Crippen LogP contribution in [0.25, 0.3) is 0 Å². The Balaban J connectivity index is 4.09. The van der Waals surface area contributed by atoms with E-state index in [4.69, 9.17) is 13.8 Å². The number of hydrogen-bond acceptors (Lipinski definition) is 8. The van der Waals surface area contributed by atoms with Crippen molar-refractivity contribution in [1.82, 2.24) is 5.32 Å². The topological polar surface area (TPSA) is 169 Å². The lowest BCUT2D eigenvalue weighted by Crippen LogP contribution is -2.43. The van der Waals surface area contributed by atoms with Gasteiger partial charge in [0.1, 0.15) is 12.7 Å². The Bertz CT molecular complexity index is 1430. The first kappa shape index (κ1) is 56.1. The number of unbranched alkanes of at least 4 members (excludes halogenated alkanes) is 8. The molecule has 338 valence electrons. The number of hydrogen-bond donors (Lipinski definition) is 4. The number of nitrogens with one attached hydrogen (secondary N) is 1. The highest BCUT2D eigenvalue weighted by Crippen LogP contribution is 2.43. The molecule has 0 aromatic heterocycles. The minimum absolute atomic E-state index is 0.0971. The van der Waals surface area contributed by atoms with Crippen molar-refractivity contribution in [3.63, 3.8) is 0 Å². The average molecular weight is 858 g/mol. The number of rotatable bonds is 39. The third-order valence-electron chi connectivity index (χ3n) is 8.57. The quantitative estimate of drug-likeness (QED) is 0.0202. The summed E-state index contributed by atoms with van der Waals surface area (Å²) in [6.07, 6.45) is 54.3. The van der Waals surface area contributed by atoms with Crippen molar-refractivity contribution < 1.29 is 47.8 Å². The maximum absolute atomic E-state index is 12.3. The van der Waals surface area contributed by atoms with Gasteiger partial charge < -0.3 is 25.2 Å². The van der Waals surface area contributed by atoms with Crippen molar-refractivity contribution in [2.75, 3.05) is 19.8 Å². The van der Waals surface area contributed by atoms with E-state index in [1.807, 2.05) is 12.2 Å². The molecule has 4 N–H and O–H groups in total. The fraction of sp³-hybridized carbons (Fsp3) is 0.562.